The maximum Gasteiger partial charge on any atom is 0.573 e. The minimum atomic E-state index is -4.67. The molecule has 0 radical (unpaired) electrons. The van der Waals surface area contributed by atoms with Crippen molar-refractivity contribution in [2.24, 2.45) is 0 Å². The molecule has 0 spiro atoms. The predicted octanol–water partition coefficient (Wildman–Crippen LogP) is 2.81. The number of halogens is 3. The van der Waals surface area contributed by atoms with Gasteiger partial charge in [0.2, 0.25) is 0 Å². The maximum absolute atomic E-state index is 12.3. The maximum atomic E-state index is 12.3. The molecule has 1 aliphatic rings. The number of alkyl halides is 3. The van der Waals surface area contributed by atoms with E-state index in [1.54, 1.807) is 12.1 Å². The van der Waals surface area contributed by atoms with E-state index in [1.165, 1.54) is 23.7 Å². The van der Waals surface area contributed by atoms with Gasteiger partial charge < -0.3 is 15.0 Å². The average Bonchev–Trinajstić information content (AvgIpc) is 3.15. The Morgan fingerprint density at radius 3 is 3.00 bits per heavy atom. The second-order valence-electron chi connectivity index (χ2n) is 5.25. The van der Waals surface area contributed by atoms with E-state index >= 15 is 0 Å². The largest absolute Gasteiger partial charge is 0.573 e. The highest BCUT2D eigenvalue weighted by atomic mass is 32.1. The molecule has 1 saturated heterocycles. The molecule has 2 heterocycles. The van der Waals surface area contributed by atoms with Gasteiger partial charge in [-0.2, -0.15) is 0 Å². The molecule has 0 aliphatic carbocycles. The van der Waals surface area contributed by atoms with E-state index in [0.717, 1.165) is 30.9 Å². The van der Waals surface area contributed by atoms with Crippen LogP contribution in [0.4, 0.5) is 18.9 Å². The number of ether oxygens (including phenoxy) is 1. The highest BCUT2D eigenvalue weighted by Crippen LogP contribution is 2.28. The van der Waals surface area contributed by atoms with Crippen LogP contribution in [0.2, 0.25) is 0 Å². The third-order valence-corrected chi connectivity index (χ3v) is 4.14. The molecule has 1 atom stereocenters. The molecule has 23 heavy (non-hydrogen) atoms. The summed E-state index contributed by atoms with van der Waals surface area (Å²) in [6, 6.07) is 6.34. The summed E-state index contributed by atoms with van der Waals surface area (Å²) in [5, 5.41) is 9.24. The lowest BCUT2D eigenvalue weighted by Gasteiger charge is -2.20. The van der Waals surface area contributed by atoms with Gasteiger partial charge in [0.05, 0.1) is 5.69 Å². The molecule has 1 N–H and O–H groups in total. The molecule has 1 aliphatic heterocycles. The number of aromatic nitrogens is 2. The molecule has 0 bridgehead atoms. The van der Waals surface area contributed by atoms with Crippen LogP contribution >= 0.6 is 11.5 Å². The van der Waals surface area contributed by atoms with E-state index in [0.29, 0.717) is 6.54 Å². The number of rotatable bonds is 5. The van der Waals surface area contributed by atoms with E-state index in [1.807, 2.05) is 10.3 Å². The molecule has 1 fully saturated rings. The van der Waals surface area contributed by atoms with Gasteiger partial charge in [0.25, 0.3) is 0 Å². The van der Waals surface area contributed by atoms with Crippen LogP contribution in [0.25, 0.3) is 0 Å². The van der Waals surface area contributed by atoms with Gasteiger partial charge in [-0.15, -0.1) is 18.3 Å². The van der Waals surface area contributed by atoms with Gasteiger partial charge in [0.15, 0.2) is 0 Å². The SMILES string of the molecule is FC(F)(F)Oc1cccc(N2CC[C@H](NCc3csnn3)C2)c1. The summed E-state index contributed by atoms with van der Waals surface area (Å²) in [4.78, 5) is 2.04. The molecule has 124 valence electrons. The fourth-order valence-electron chi connectivity index (χ4n) is 2.55. The highest BCUT2D eigenvalue weighted by molar-refractivity contribution is 7.03. The van der Waals surface area contributed by atoms with Crippen molar-refractivity contribution in [3.05, 3.63) is 35.3 Å². The Morgan fingerprint density at radius 2 is 2.26 bits per heavy atom. The Morgan fingerprint density at radius 1 is 1.39 bits per heavy atom. The van der Waals surface area contributed by atoms with E-state index in [9.17, 15) is 13.2 Å². The van der Waals surface area contributed by atoms with Crippen molar-refractivity contribution in [2.45, 2.75) is 25.4 Å². The number of nitrogens with one attached hydrogen (secondary N) is 1. The first-order chi connectivity index (χ1) is 11.0. The molecular weight excluding hydrogens is 329 g/mol. The van der Waals surface area contributed by atoms with Crippen molar-refractivity contribution < 1.29 is 17.9 Å². The van der Waals surface area contributed by atoms with Gasteiger partial charge >= 0.3 is 6.36 Å². The van der Waals surface area contributed by atoms with Crippen LogP contribution in [0.1, 0.15) is 12.1 Å². The zero-order chi connectivity index (χ0) is 16.3. The van der Waals surface area contributed by atoms with Crippen molar-refractivity contribution in [1.29, 1.82) is 0 Å². The first-order valence-electron chi connectivity index (χ1n) is 7.10. The quantitative estimate of drug-likeness (QED) is 0.904. The lowest BCUT2D eigenvalue weighted by atomic mass is 10.2. The van der Waals surface area contributed by atoms with Crippen LogP contribution in [-0.4, -0.2) is 35.1 Å². The zero-order valence-electron chi connectivity index (χ0n) is 12.1. The second kappa shape index (κ2) is 6.71. The summed E-state index contributed by atoms with van der Waals surface area (Å²) in [5.41, 5.74) is 1.63. The fourth-order valence-corrected chi connectivity index (χ4v) is 3.00. The number of benzene rings is 1. The Kier molecular flexibility index (Phi) is 4.67. The van der Waals surface area contributed by atoms with E-state index in [4.69, 9.17) is 0 Å². The summed E-state index contributed by atoms with van der Waals surface area (Å²) in [6.45, 7) is 2.15. The molecule has 0 saturated carbocycles. The number of anilines is 1. The van der Waals surface area contributed by atoms with E-state index in [-0.39, 0.29) is 11.8 Å². The Balaban J connectivity index is 1.57. The van der Waals surface area contributed by atoms with Crippen molar-refractivity contribution in [3.63, 3.8) is 0 Å². The van der Waals surface area contributed by atoms with E-state index < -0.39 is 6.36 Å². The summed E-state index contributed by atoms with van der Waals surface area (Å²) in [6.07, 6.45) is -3.75. The first-order valence-corrected chi connectivity index (χ1v) is 7.93. The number of nitrogens with zero attached hydrogens (tertiary/aromatic N) is 3. The molecule has 9 heteroatoms. The lowest BCUT2D eigenvalue weighted by Crippen LogP contribution is -2.32. The van der Waals surface area contributed by atoms with Crippen molar-refractivity contribution >= 4 is 17.2 Å². The third-order valence-electron chi connectivity index (χ3n) is 3.58. The molecule has 0 amide bonds. The van der Waals surface area contributed by atoms with Gasteiger partial charge in [0, 0.05) is 42.8 Å². The van der Waals surface area contributed by atoms with Gasteiger partial charge in [-0.1, -0.05) is 10.6 Å². The summed E-state index contributed by atoms with van der Waals surface area (Å²) >= 11 is 1.31. The van der Waals surface area contributed by atoms with Crippen LogP contribution in [0, 0.1) is 0 Å². The van der Waals surface area contributed by atoms with Gasteiger partial charge in [-0.3, -0.25) is 0 Å². The van der Waals surface area contributed by atoms with Crippen LogP contribution in [0.5, 0.6) is 5.75 Å². The monoisotopic (exact) mass is 344 g/mol. The summed E-state index contributed by atoms with van der Waals surface area (Å²) in [5.74, 6) is -0.194. The summed E-state index contributed by atoms with van der Waals surface area (Å²) < 4.78 is 44.6. The molecule has 1 aromatic carbocycles. The minimum absolute atomic E-state index is 0.194. The van der Waals surface area contributed by atoms with Crippen LogP contribution < -0.4 is 15.0 Å². The molecular formula is C14H15F3N4OS. The standard InChI is InChI=1S/C14H15F3N4OS/c15-14(16,17)22-13-3-1-2-12(6-13)21-5-4-10(8-21)18-7-11-9-23-20-19-11/h1-3,6,9-10,18H,4-5,7-8H2/t10-/m0/s1. The smallest absolute Gasteiger partial charge is 0.406 e. The minimum Gasteiger partial charge on any atom is -0.406 e. The van der Waals surface area contributed by atoms with Crippen LogP contribution in [0.15, 0.2) is 29.6 Å². The predicted molar refractivity (Wildman–Crippen MR) is 80.5 cm³/mol. The molecule has 0 unspecified atom stereocenters. The van der Waals surface area contributed by atoms with Gasteiger partial charge in [0.1, 0.15) is 5.75 Å². The first kappa shape index (κ1) is 16.0. The fraction of sp³-hybridized carbons (Fsp3) is 0.429. The van der Waals surface area contributed by atoms with Crippen LogP contribution in [0.3, 0.4) is 0 Å². The van der Waals surface area contributed by atoms with Crippen LogP contribution in [-0.2, 0) is 6.54 Å². The van der Waals surface area contributed by atoms with Gasteiger partial charge in [-0.05, 0) is 30.1 Å². The number of hydrogen-bond acceptors (Lipinski definition) is 6. The molecule has 1 aromatic heterocycles. The van der Waals surface area contributed by atoms with E-state index in [2.05, 4.69) is 19.6 Å². The second-order valence-corrected chi connectivity index (χ2v) is 5.86. The Bertz CT molecular complexity index is 635. The van der Waals surface area contributed by atoms with Crippen molar-refractivity contribution in [1.82, 2.24) is 14.9 Å². The van der Waals surface area contributed by atoms with Crippen molar-refractivity contribution in [2.75, 3.05) is 18.0 Å². The third kappa shape index (κ3) is 4.55. The molecule has 2 aromatic rings. The normalized spacial score (nSPS) is 18.4. The Labute approximate surface area is 135 Å². The topological polar surface area (TPSA) is 50.3 Å². The average molecular weight is 344 g/mol. The van der Waals surface area contributed by atoms with Gasteiger partial charge in [-0.25, -0.2) is 0 Å². The zero-order valence-corrected chi connectivity index (χ0v) is 12.9. The highest BCUT2D eigenvalue weighted by Gasteiger charge is 2.31. The number of hydrogen-bond donors (Lipinski definition) is 1. The Hall–Kier alpha value is -1.87. The molecule has 3 rings (SSSR count). The molecule has 5 nitrogen and oxygen atoms in total. The summed E-state index contributed by atoms with van der Waals surface area (Å²) in [7, 11) is 0. The van der Waals surface area contributed by atoms with Crippen molar-refractivity contribution in [3.8, 4) is 5.75 Å². The lowest BCUT2D eigenvalue weighted by molar-refractivity contribution is -0.274.